The minimum absolute atomic E-state index is 0.195. The number of nitriles is 1. The zero-order valence-electron chi connectivity index (χ0n) is 10.3. The second-order valence-corrected chi connectivity index (χ2v) is 4.16. The van der Waals surface area contributed by atoms with E-state index in [9.17, 15) is 0 Å². The van der Waals surface area contributed by atoms with E-state index in [0.29, 0.717) is 5.56 Å². The lowest BCUT2D eigenvalue weighted by molar-refractivity contribution is 0.567. The molecule has 0 saturated carbocycles. The van der Waals surface area contributed by atoms with Gasteiger partial charge in [0.25, 0.3) is 0 Å². The predicted molar refractivity (Wildman–Crippen MR) is 70.6 cm³/mol. The maximum atomic E-state index is 8.87. The second kappa shape index (κ2) is 5.95. The van der Waals surface area contributed by atoms with E-state index < -0.39 is 0 Å². The van der Waals surface area contributed by atoms with E-state index in [-0.39, 0.29) is 6.04 Å². The van der Waals surface area contributed by atoms with Crippen molar-refractivity contribution in [2.24, 2.45) is 0 Å². The highest BCUT2D eigenvalue weighted by atomic mass is 14.9. The number of nitrogens with one attached hydrogen (secondary N) is 1. The summed E-state index contributed by atoms with van der Waals surface area (Å²) in [6.07, 6.45) is 1.79. The van der Waals surface area contributed by atoms with Crippen molar-refractivity contribution in [3.63, 3.8) is 0 Å². The molecule has 1 aromatic carbocycles. The Morgan fingerprint density at radius 2 is 2.17 bits per heavy atom. The summed E-state index contributed by atoms with van der Waals surface area (Å²) >= 11 is 0. The fourth-order valence-electron chi connectivity index (χ4n) is 1.76. The topological polar surface area (TPSA) is 48.7 Å². The average Bonchev–Trinajstić information content (AvgIpc) is 2.46. The lowest BCUT2D eigenvalue weighted by Gasteiger charge is -2.14. The van der Waals surface area contributed by atoms with Gasteiger partial charge in [-0.05, 0) is 36.8 Å². The maximum absolute atomic E-state index is 8.87. The van der Waals surface area contributed by atoms with Gasteiger partial charge in [-0.3, -0.25) is 4.98 Å². The quantitative estimate of drug-likeness (QED) is 0.889. The van der Waals surface area contributed by atoms with E-state index in [1.807, 2.05) is 42.5 Å². The van der Waals surface area contributed by atoms with Crippen LogP contribution < -0.4 is 5.32 Å². The molecule has 2 aromatic rings. The molecule has 0 saturated heterocycles. The van der Waals surface area contributed by atoms with Crippen molar-refractivity contribution in [3.05, 3.63) is 65.5 Å². The normalized spacial score (nSPS) is 11.8. The van der Waals surface area contributed by atoms with Crippen LogP contribution in [0, 0.1) is 11.3 Å². The minimum atomic E-state index is 0.195. The summed E-state index contributed by atoms with van der Waals surface area (Å²) in [5.41, 5.74) is 2.82. The Kier molecular flexibility index (Phi) is 4.06. The highest BCUT2D eigenvalue weighted by molar-refractivity contribution is 5.34. The third-order valence-electron chi connectivity index (χ3n) is 2.83. The van der Waals surface area contributed by atoms with Gasteiger partial charge in [0, 0.05) is 18.8 Å². The zero-order chi connectivity index (χ0) is 12.8. The Bertz CT molecular complexity index is 543. The molecule has 0 bridgehead atoms. The number of aromatic nitrogens is 1. The van der Waals surface area contributed by atoms with Crippen LogP contribution in [0.1, 0.15) is 29.8 Å². The van der Waals surface area contributed by atoms with Gasteiger partial charge >= 0.3 is 0 Å². The van der Waals surface area contributed by atoms with Crippen LogP contribution in [0.2, 0.25) is 0 Å². The van der Waals surface area contributed by atoms with Crippen molar-refractivity contribution in [1.29, 1.82) is 5.26 Å². The van der Waals surface area contributed by atoms with E-state index in [2.05, 4.69) is 23.3 Å². The average molecular weight is 237 g/mol. The molecule has 0 aliphatic heterocycles. The van der Waals surface area contributed by atoms with Gasteiger partial charge in [-0.1, -0.05) is 18.2 Å². The number of hydrogen-bond acceptors (Lipinski definition) is 3. The van der Waals surface area contributed by atoms with Crippen LogP contribution in [0.25, 0.3) is 0 Å². The molecule has 0 radical (unpaired) electrons. The third kappa shape index (κ3) is 3.16. The van der Waals surface area contributed by atoms with Gasteiger partial charge in [-0.2, -0.15) is 5.26 Å². The highest BCUT2D eigenvalue weighted by Crippen LogP contribution is 2.14. The fraction of sp³-hybridized carbons (Fsp3) is 0.200. The van der Waals surface area contributed by atoms with Gasteiger partial charge in [0.15, 0.2) is 0 Å². The van der Waals surface area contributed by atoms with Crippen molar-refractivity contribution in [1.82, 2.24) is 10.3 Å². The van der Waals surface area contributed by atoms with Gasteiger partial charge in [0.2, 0.25) is 0 Å². The lowest BCUT2D eigenvalue weighted by Crippen LogP contribution is -2.18. The maximum Gasteiger partial charge on any atom is 0.0991 e. The van der Waals surface area contributed by atoms with Crippen LogP contribution in [-0.2, 0) is 6.54 Å². The zero-order valence-corrected chi connectivity index (χ0v) is 10.3. The molecule has 3 nitrogen and oxygen atoms in total. The molecule has 0 fully saturated rings. The van der Waals surface area contributed by atoms with E-state index >= 15 is 0 Å². The van der Waals surface area contributed by atoms with Gasteiger partial charge in [-0.15, -0.1) is 0 Å². The summed E-state index contributed by atoms with van der Waals surface area (Å²) in [7, 11) is 0. The smallest absolute Gasteiger partial charge is 0.0991 e. The van der Waals surface area contributed by atoms with Crippen LogP contribution in [0.3, 0.4) is 0 Å². The molecule has 1 aromatic heterocycles. The predicted octanol–water partition coefficient (Wildman–Crippen LogP) is 2.80. The molecule has 2 rings (SSSR count). The molecular weight excluding hydrogens is 222 g/mol. The lowest BCUT2D eigenvalue weighted by atomic mass is 10.1. The molecule has 0 spiro atoms. The Morgan fingerprint density at radius 3 is 2.89 bits per heavy atom. The summed E-state index contributed by atoms with van der Waals surface area (Å²) < 4.78 is 0. The summed E-state index contributed by atoms with van der Waals surface area (Å²) in [6, 6.07) is 15.9. The Hall–Kier alpha value is -2.18. The second-order valence-electron chi connectivity index (χ2n) is 4.16. The van der Waals surface area contributed by atoms with Crippen LogP contribution in [0.5, 0.6) is 0 Å². The van der Waals surface area contributed by atoms with Crippen LogP contribution in [-0.4, -0.2) is 4.98 Å². The Labute approximate surface area is 107 Å². The van der Waals surface area contributed by atoms with Gasteiger partial charge in [0.1, 0.15) is 0 Å². The van der Waals surface area contributed by atoms with E-state index in [0.717, 1.165) is 17.8 Å². The summed E-state index contributed by atoms with van der Waals surface area (Å²) in [4.78, 5) is 4.26. The molecule has 0 amide bonds. The fourth-order valence-corrected chi connectivity index (χ4v) is 1.76. The molecule has 1 N–H and O–H groups in total. The van der Waals surface area contributed by atoms with E-state index in [1.165, 1.54) is 0 Å². The van der Waals surface area contributed by atoms with Crippen molar-refractivity contribution < 1.29 is 0 Å². The first-order valence-electron chi connectivity index (χ1n) is 5.93. The summed E-state index contributed by atoms with van der Waals surface area (Å²) in [6.45, 7) is 2.80. The highest BCUT2D eigenvalue weighted by Gasteiger charge is 2.05. The summed E-state index contributed by atoms with van der Waals surface area (Å²) in [5, 5.41) is 12.3. The Balaban J connectivity index is 1.99. The molecule has 18 heavy (non-hydrogen) atoms. The van der Waals surface area contributed by atoms with Crippen molar-refractivity contribution in [2.45, 2.75) is 19.5 Å². The van der Waals surface area contributed by atoms with Crippen molar-refractivity contribution >= 4 is 0 Å². The van der Waals surface area contributed by atoms with E-state index in [4.69, 9.17) is 5.26 Å². The van der Waals surface area contributed by atoms with Crippen LogP contribution >= 0.6 is 0 Å². The van der Waals surface area contributed by atoms with Gasteiger partial charge in [0.05, 0.1) is 17.3 Å². The first-order valence-corrected chi connectivity index (χ1v) is 5.93. The first kappa shape index (κ1) is 12.3. The standard InChI is InChI=1S/C15H15N3/c1-12(14-6-4-5-13(9-14)10-16)18-11-15-7-2-3-8-17-15/h2-9,12,18H,11H2,1H3. The van der Waals surface area contributed by atoms with Crippen LogP contribution in [0.15, 0.2) is 48.7 Å². The molecule has 0 aliphatic rings. The number of pyridine rings is 1. The number of rotatable bonds is 4. The molecule has 90 valence electrons. The molecule has 3 heteroatoms. The van der Waals surface area contributed by atoms with E-state index in [1.54, 1.807) is 6.20 Å². The van der Waals surface area contributed by atoms with Crippen molar-refractivity contribution in [2.75, 3.05) is 0 Å². The van der Waals surface area contributed by atoms with Gasteiger partial charge < -0.3 is 5.32 Å². The summed E-state index contributed by atoms with van der Waals surface area (Å²) in [5.74, 6) is 0. The molecule has 1 atom stereocenters. The Morgan fingerprint density at radius 1 is 1.28 bits per heavy atom. The van der Waals surface area contributed by atoms with Gasteiger partial charge in [-0.25, -0.2) is 0 Å². The molecule has 0 aliphatic carbocycles. The largest absolute Gasteiger partial charge is 0.305 e. The number of benzene rings is 1. The molecule has 1 unspecified atom stereocenters. The van der Waals surface area contributed by atoms with Crippen molar-refractivity contribution in [3.8, 4) is 6.07 Å². The third-order valence-corrected chi connectivity index (χ3v) is 2.83. The van der Waals surface area contributed by atoms with Crippen LogP contribution in [0.4, 0.5) is 0 Å². The minimum Gasteiger partial charge on any atom is -0.305 e. The monoisotopic (exact) mass is 237 g/mol. The number of hydrogen-bond donors (Lipinski definition) is 1. The molecule has 1 heterocycles. The first-order chi connectivity index (χ1) is 8.79. The SMILES string of the molecule is CC(NCc1ccccn1)c1cccc(C#N)c1. The molecular formula is C15H15N3. The number of nitrogens with zero attached hydrogens (tertiary/aromatic N) is 2.